The van der Waals surface area contributed by atoms with Crippen LogP contribution in [0.5, 0.6) is 0 Å². The molecule has 7 N–H and O–H groups in total. The number of nitrogens with one attached hydrogen (secondary N) is 3. The molecule has 0 aliphatic heterocycles. The summed E-state index contributed by atoms with van der Waals surface area (Å²) in [6, 6.07) is 14.6. The number of H-pyrrole nitrogens is 1. The zero-order valence-corrected chi connectivity index (χ0v) is 27.3. The standard InChI is InChI=1S/C20H22FN5O2.C15H14FN5/c1-20(2,3)28-19(27)26-18-13(16(22)25-26)10-14(21)17(24-18)23-15-9-5-7-11-6-4-8-12(11)15;16-11-7-10-13(17)20-21-14(10)19-15(11)18-12-6-2-4-8-3-1-5-9(8)12/h5,7,9-10H,4,6,8H2,1-3H3,(H2,22,25)(H,23,24);2,4,6-7H,1,3,5H2,(H4,17,18,19,20,21). The normalized spacial score (nSPS) is 13.6. The van der Waals surface area contributed by atoms with Crippen molar-refractivity contribution < 1.29 is 18.3 Å². The molecule has 2 aromatic carbocycles. The maximum Gasteiger partial charge on any atom is 0.437 e. The number of anilines is 6. The van der Waals surface area contributed by atoms with Crippen LogP contribution in [0.1, 0.15) is 55.9 Å². The Balaban J connectivity index is 0.000000160. The number of halogens is 2. The van der Waals surface area contributed by atoms with E-state index in [0.29, 0.717) is 16.9 Å². The van der Waals surface area contributed by atoms with Crippen molar-refractivity contribution in [1.82, 2.24) is 29.9 Å². The fourth-order valence-electron chi connectivity index (χ4n) is 6.31. The summed E-state index contributed by atoms with van der Waals surface area (Å²) in [5, 5.41) is 17.5. The summed E-state index contributed by atoms with van der Waals surface area (Å²) in [6.07, 6.45) is 5.53. The monoisotopic (exact) mass is 666 g/mol. The molecule has 2 aliphatic rings. The molecule has 12 nitrogen and oxygen atoms in total. The lowest BCUT2D eigenvalue weighted by molar-refractivity contribution is 0.0522. The van der Waals surface area contributed by atoms with Crippen LogP contribution in [0.25, 0.3) is 22.1 Å². The molecule has 8 rings (SSSR count). The number of fused-ring (bicyclic) bond motifs is 4. The molecule has 0 saturated heterocycles. The summed E-state index contributed by atoms with van der Waals surface area (Å²) in [6.45, 7) is 5.24. The highest BCUT2D eigenvalue weighted by atomic mass is 19.1. The second-order valence-corrected chi connectivity index (χ2v) is 13.1. The van der Waals surface area contributed by atoms with Crippen LogP contribution in [0.15, 0.2) is 48.5 Å². The Kier molecular flexibility index (Phi) is 8.01. The topological polar surface area (TPSA) is 175 Å². The number of carbonyl (C=O) groups excluding carboxylic acids is 1. The third-order valence-electron chi connectivity index (χ3n) is 8.53. The smallest absolute Gasteiger partial charge is 0.437 e. The van der Waals surface area contributed by atoms with E-state index in [0.717, 1.165) is 54.6 Å². The predicted molar refractivity (Wildman–Crippen MR) is 185 cm³/mol. The number of aromatic nitrogens is 6. The van der Waals surface area contributed by atoms with Crippen molar-refractivity contribution in [3.8, 4) is 0 Å². The lowest BCUT2D eigenvalue weighted by Crippen LogP contribution is -2.28. The second-order valence-electron chi connectivity index (χ2n) is 13.1. The van der Waals surface area contributed by atoms with Crippen molar-refractivity contribution in [3.63, 3.8) is 0 Å². The number of ether oxygens (including phenoxy) is 1. The summed E-state index contributed by atoms with van der Waals surface area (Å²) in [5.41, 5.74) is 18.1. The van der Waals surface area contributed by atoms with Crippen molar-refractivity contribution in [3.05, 3.63) is 82.4 Å². The molecule has 0 spiro atoms. The van der Waals surface area contributed by atoms with Gasteiger partial charge in [-0.3, -0.25) is 5.10 Å². The van der Waals surface area contributed by atoms with Gasteiger partial charge in [-0.1, -0.05) is 24.3 Å². The van der Waals surface area contributed by atoms with Gasteiger partial charge in [0.25, 0.3) is 0 Å². The molecule has 2 aliphatic carbocycles. The molecule has 0 unspecified atom stereocenters. The molecule has 6 aromatic rings. The molecular formula is C35H36F2N10O2. The van der Waals surface area contributed by atoms with Crippen molar-refractivity contribution in [2.45, 2.75) is 64.9 Å². The lowest BCUT2D eigenvalue weighted by Gasteiger charge is -2.19. The van der Waals surface area contributed by atoms with E-state index in [1.165, 1.54) is 34.4 Å². The van der Waals surface area contributed by atoms with Crippen LogP contribution in [0, 0.1) is 11.6 Å². The summed E-state index contributed by atoms with van der Waals surface area (Å²) in [4.78, 5) is 21.0. The number of nitrogen functional groups attached to an aromatic ring is 2. The summed E-state index contributed by atoms with van der Waals surface area (Å²) in [5.74, 6) is -0.487. The van der Waals surface area contributed by atoms with Gasteiger partial charge in [0.1, 0.15) is 11.4 Å². The minimum atomic E-state index is -0.722. The third kappa shape index (κ3) is 6.28. The Morgan fingerprint density at radius 1 is 0.857 bits per heavy atom. The summed E-state index contributed by atoms with van der Waals surface area (Å²) < 4.78 is 35.2. The van der Waals surface area contributed by atoms with E-state index in [9.17, 15) is 13.6 Å². The van der Waals surface area contributed by atoms with Gasteiger partial charge in [-0.25, -0.2) is 23.5 Å². The number of nitrogens with two attached hydrogens (primary N) is 2. The van der Waals surface area contributed by atoms with Gasteiger partial charge in [0.15, 0.2) is 40.4 Å². The van der Waals surface area contributed by atoms with Gasteiger partial charge >= 0.3 is 6.09 Å². The first kappa shape index (κ1) is 31.8. The number of rotatable bonds is 4. The Bertz CT molecular complexity index is 2240. The summed E-state index contributed by atoms with van der Waals surface area (Å²) in [7, 11) is 0. The molecule has 0 atom stereocenters. The molecule has 0 bridgehead atoms. The van der Waals surface area contributed by atoms with Crippen LogP contribution in [0.2, 0.25) is 0 Å². The Morgan fingerprint density at radius 3 is 2.02 bits per heavy atom. The number of hydrogen-bond donors (Lipinski definition) is 5. The van der Waals surface area contributed by atoms with Gasteiger partial charge in [0.05, 0.1) is 10.8 Å². The molecule has 0 amide bonds. The van der Waals surface area contributed by atoms with E-state index in [2.05, 4.69) is 48.0 Å². The molecule has 0 saturated carbocycles. The predicted octanol–water partition coefficient (Wildman–Crippen LogP) is 7.08. The average molecular weight is 667 g/mol. The van der Waals surface area contributed by atoms with E-state index < -0.39 is 23.3 Å². The highest BCUT2D eigenvalue weighted by molar-refractivity contribution is 5.93. The number of nitrogens with zero attached hydrogens (tertiary/aromatic N) is 5. The first-order valence-corrected chi connectivity index (χ1v) is 16.1. The van der Waals surface area contributed by atoms with Gasteiger partial charge in [-0.2, -0.15) is 5.10 Å². The van der Waals surface area contributed by atoms with Gasteiger partial charge in [-0.05, 0) is 106 Å². The Hall–Kier alpha value is -5.79. The molecular weight excluding hydrogens is 630 g/mol. The third-order valence-corrected chi connectivity index (χ3v) is 8.53. The fourth-order valence-corrected chi connectivity index (χ4v) is 6.31. The average Bonchev–Trinajstić information content (AvgIpc) is 3.86. The van der Waals surface area contributed by atoms with Gasteiger partial charge in [0.2, 0.25) is 0 Å². The van der Waals surface area contributed by atoms with Crippen molar-refractivity contribution in [2.75, 3.05) is 22.1 Å². The van der Waals surface area contributed by atoms with E-state index in [-0.39, 0.29) is 28.5 Å². The second kappa shape index (κ2) is 12.3. The van der Waals surface area contributed by atoms with E-state index >= 15 is 0 Å². The molecule has 0 radical (unpaired) electrons. The molecule has 252 valence electrons. The van der Waals surface area contributed by atoms with Gasteiger partial charge < -0.3 is 26.8 Å². The molecule has 0 fully saturated rings. The lowest BCUT2D eigenvalue weighted by atomic mass is 10.1. The first-order valence-electron chi connectivity index (χ1n) is 16.1. The maximum absolute atomic E-state index is 14.7. The van der Waals surface area contributed by atoms with E-state index in [1.54, 1.807) is 20.8 Å². The zero-order valence-electron chi connectivity index (χ0n) is 27.3. The SMILES string of the molecule is CC(C)(C)OC(=O)n1nc(N)c2cc(F)c(Nc3cccc4c3CCC4)nc21.Nc1[nH]nc2nc(Nc3cccc4c3CCC4)c(F)cc12. The van der Waals surface area contributed by atoms with Crippen molar-refractivity contribution >= 4 is 62.8 Å². The van der Waals surface area contributed by atoms with Gasteiger partial charge in [-0.15, -0.1) is 9.78 Å². The van der Waals surface area contributed by atoms with E-state index in [1.807, 2.05) is 24.3 Å². The number of benzene rings is 2. The number of aromatic amines is 1. The summed E-state index contributed by atoms with van der Waals surface area (Å²) >= 11 is 0. The molecule has 14 heteroatoms. The quantitative estimate of drug-likeness (QED) is 0.131. The van der Waals surface area contributed by atoms with Crippen LogP contribution >= 0.6 is 0 Å². The van der Waals surface area contributed by atoms with E-state index in [4.69, 9.17) is 16.2 Å². The highest BCUT2D eigenvalue weighted by Crippen LogP contribution is 2.34. The number of carbonyl (C=O) groups is 1. The minimum absolute atomic E-state index is 0.0116. The molecule has 4 heterocycles. The molecule has 49 heavy (non-hydrogen) atoms. The highest BCUT2D eigenvalue weighted by Gasteiger charge is 2.24. The first-order chi connectivity index (χ1) is 23.4. The number of pyridine rings is 2. The van der Waals surface area contributed by atoms with Crippen molar-refractivity contribution in [1.29, 1.82) is 0 Å². The van der Waals surface area contributed by atoms with Crippen LogP contribution < -0.4 is 22.1 Å². The van der Waals surface area contributed by atoms with Crippen LogP contribution in [-0.4, -0.2) is 41.6 Å². The maximum atomic E-state index is 14.7. The fraction of sp³-hybridized carbons (Fsp3) is 0.286. The zero-order chi connectivity index (χ0) is 34.4. The van der Waals surface area contributed by atoms with Crippen LogP contribution in [0.4, 0.5) is 48.2 Å². The number of aryl methyl sites for hydroxylation is 2. The Labute approximate surface area is 280 Å². The van der Waals surface area contributed by atoms with Gasteiger partial charge in [0, 0.05) is 11.4 Å². The largest absolute Gasteiger partial charge is 0.442 e. The molecule has 4 aromatic heterocycles. The Morgan fingerprint density at radius 2 is 1.43 bits per heavy atom. The minimum Gasteiger partial charge on any atom is -0.442 e. The van der Waals surface area contributed by atoms with Crippen LogP contribution in [0.3, 0.4) is 0 Å². The van der Waals surface area contributed by atoms with Crippen molar-refractivity contribution in [2.24, 2.45) is 0 Å². The van der Waals surface area contributed by atoms with Crippen LogP contribution in [-0.2, 0) is 30.4 Å². The number of hydrogen-bond acceptors (Lipinski definition) is 10.